The molecule has 0 radical (unpaired) electrons. The Balaban J connectivity index is 1.47. The molecule has 0 spiro atoms. The Morgan fingerprint density at radius 1 is 1.16 bits per heavy atom. The molecule has 172 valence electrons. The molecule has 1 aliphatic rings. The minimum atomic E-state index is -3.77. The van der Waals surface area contributed by atoms with Gasteiger partial charge in [0.1, 0.15) is 11.6 Å². The lowest BCUT2D eigenvalue weighted by molar-refractivity contribution is -0.152. The van der Waals surface area contributed by atoms with Gasteiger partial charge in [0.15, 0.2) is 6.61 Å². The molecule has 0 saturated carbocycles. The number of nitrogens with one attached hydrogen (secondary N) is 1. The summed E-state index contributed by atoms with van der Waals surface area (Å²) >= 11 is 6.01. The number of carbonyl (C=O) groups excluding carboxylic acids is 2. The van der Waals surface area contributed by atoms with Crippen LogP contribution in [0.1, 0.15) is 12.8 Å². The molecule has 0 aliphatic carbocycles. The average molecular weight is 485 g/mol. The highest BCUT2D eigenvalue weighted by atomic mass is 35.5. The highest BCUT2D eigenvalue weighted by Crippen LogP contribution is 2.27. The highest BCUT2D eigenvalue weighted by molar-refractivity contribution is 7.89. The maximum atomic E-state index is 13.1. The summed E-state index contributed by atoms with van der Waals surface area (Å²) in [6, 6.07) is 9.29. The van der Waals surface area contributed by atoms with E-state index in [-0.39, 0.29) is 30.8 Å². The molecule has 0 unspecified atom stereocenters. The lowest BCUT2D eigenvalue weighted by Gasteiger charge is -2.30. The Hall–Kier alpha value is -2.69. The average Bonchev–Trinajstić information content (AvgIpc) is 2.78. The summed E-state index contributed by atoms with van der Waals surface area (Å²) in [6.45, 7) is -0.234. The first-order valence-corrected chi connectivity index (χ1v) is 11.6. The van der Waals surface area contributed by atoms with Gasteiger partial charge >= 0.3 is 5.97 Å². The van der Waals surface area contributed by atoms with Crippen LogP contribution in [0, 0.1) is 11.7 Å². The van der Waals surface area contributed by atoms with Crippen molar-refractivity contribution in [2.45, 2.75) is 17.7 Å². The van der Waals surface area contributed by atoms with Gasteiger partial charge in [-0.15, -0.1) is 0 Å². The number of nitrogens with zero attached hydrogens (tertiary/aromatic N) is 1. The summed E-state index contributed by atoms with van der Waals surface area (Å²) in [5.74, 6) is -1.67. The zero-order valence-corrected chi connectivity index (χ0v) is 18.8. The van der Waals surface area contributed by atoms with Crippen molar-refractivity contribution in [1.82, 2.24) is 4.31 Å². The SMILES string of the molecule is COc1ccc(NC(=O)COC(=O)C2CCN(S(=O)(=O)c3ccc(F)cc3)CC2)cc1Cl. The first-order chi connectivity index (χ1) is 15.2. The van der Waals surface area contributed by atoms with Gasteiger partial charge in [0.2, 0.25) is 10.0 Å². The normalized spacial score (nSPS) is 15.2. The molecule has 1 amide bonds. The number of amides is 1. The molecule has 2 aromatic rings. The second-order valence-electron chi connectivity index (χ2n) is 7.14. The summed E-state index contributed by atoms with van der Waals surface area (Å²) in [6.07, 6.45) is 0.518. The van der Waals surface area contributed by atoms with Crippen LogP contribution in [0.25, 0.3) is 0 Å². The van der Waals surface area contributed by atoms with Crippen molar-refractivity contribution in [3.63, 3.8) is 0 Å². The third-order valence-electron chi connectivity index (χ3n) is 5.02. The Kier molecular flexibility index (Phi) is 7.70. The first-order valence-electron chi connectivity index (χ1n) is 9.76. The van der Waals surface area contributed by atoms with E-state index >= 15 is 0 Å². The monoisotopic (exact) mass is 484 g/mol. The summed E-state index contributed by atoms with van der Waals surface area (Å²) in [7, 11) is -2.29. The minimum absolute atomic E-state index is 0.00441. The molecule has 0 bridgehead atoms. The Labute approximate surface area is 190 Å². The Morgan fingerprint density at radius 2 is 1.81 bits per heavy atom. The van der Waals surface area contributed by atoms with Gasteiger partial charge in [-0.05, 0) is 55.3 Å². The maximum absolute atomic E-state index is 13.1. The van der Waals surface area contributed by atoms with Crippen molar-refractivity contribution in [3.8, 4) is 5.75 Å². The first kappa shape index (κ1) is 24.0. The lowest BCUT2D eigenvalue weighted by atomic mass is 9.98. The van der Waals surface area contributed by atoms with Gasteiger partial charge < -0.3 is 14.8 Å². The zero-order chi connectivity index (χ0) is 23.3. The van der Waals surface area contributed by atoms with Crippen LogP contribution in [0.5, 0.6) is 5.75 Å². The second kappa shape index (κ2) is 10.3. The predicted octanol–water partition coefficient (Wildman–Crippen LogP) is 3.07. The van der Waals surface area contributed by atoms with Crippen molar-refractivity contribution in [1.29, 1.82) is 0 Å². The van der Waals surface area contributed by atoms with Gasteiger partial charge in [0.05, 0.1) is 22.9 Å². The number of esters is 1. The van der Waals surface area contributed by atoms with E-state index in [1.807, 2.05) is 0 Å². The van der Waals surface area contributed by atoms with Crippen LogP contribution in [0.4, 0.5) is 10.1 Å². The van der Waals surface area contributed by atoms with E-state index in [4.69, 9.17) is 21.1 Å². The van der Waals surface area contributed by atoms with E-state index in [1.54, 1.807) is 12.1 Å². The molecule has 1 fully saturated rings. The zero-order valence-electron chi connectivity index (χ0n) is 17.2. The topological polar surface area (TPSA) is 102 Å². The third kappa shape index (κ3) is 5.76. The second-order valence-corrected chi connectivity index (χ2v) is 9.48. The van der Waals surface area contributed by atoms with Gasteiger partial charge in [-0.3, -0.25) is 9.59 Å². The number of rotatable bonds is 7. The number of halogens is 2. The van der Waals surface area contributed by atoms with Gasteiger partial charge in [0, 0.05) is 18.8 Å². The van der Waals surface area contributed by atoms with Crippen LogP contribution in [0.15, 0.2) is 47.4 Å². The summed E-state index contributed by atoms with van der Waals surface area (Å²) in [4.78, 5) is 24.4. The molecule has 0 aromatic heterocycles. The van der Waals surface area contributed by atoms with Crippen molar-refractivity contribution in [3.05, 3.63) is 53.3 Å². The van der Waals surface area contributed by atoms with Crippen LogP contribution in [0.3, 0.4) is 0 Å². The van der Waals surface area contributed by atoms with E-state index in [0.29, 0.717) is 16.5 Å². The Bertz CT molecular complexity index is 1090. The number of ether oxygens (including phenoxy) is 2. The largest absolute Gasteiger partial charge is 0.495 e. The summed E-state index contributed by atoms with van der Waals surface area (Å²) in [5, 5.41) is 2.89. The molecule has 1 saturated heterocycles. The smallest absolute Gasteiger partial charge is 0.309 e. The number of sulfonamides is 1. The fourth-order valence-corrected chi connectivity index (χ4v) is 5.01. The molecule has 11 heteroatoms. The minimum Gasteiger partial charge on any atom is -0.495 e. The molecule has 1 aliphatic heterocycles. The number of methoxy groups -OCH3 is 1. The summed E-state index contributed by atoms with van der Waals surface area (Å²) < 4.78 is 49.7. The standard InChI is InChI=1S/C21H22ClFN2O6S/c1-30-19-7-4-16(12-18(19)22)24-20(26)13-31-21(27)14-8-10-25(11-9-14)32(28,29)17-5-2-15(23)3-6-17/h2-7,12,14H,8-11,13H2,1H3,(H,24,26). The number of hydrogen-bond donors (Lipinski definition) is 1. The van der Waals surface area contributed by atoms with E-state index in [9.17, 15) is 22.4 Å². The van der Waals surface area contributed by atoms with Crippen molar-refractivity contribution < 1.29 is 31.9 Å². The van der Waals surface area contributed by atoms with Crippen LogP contribution in [-0.4, -0.2) is 51.4 Å². The van der Waals surface area contributed by atoms with Crippen molar-refractivity contribution in [2.75, 3.05) is 32.1 Å². The van der Waals surface area contributed by atoms with Gasteiger partial charge in [-0.25, -0.2) is 12.8 Å². The van der Waals surface area contributed by atoms with E-state index < -0.39 is 40.2 Å². The quantitative estimate of drug-likeness (QED) is 0.606. The van der Waals surface area contributed by atoms with Gasteiger partial charge in [-0.2, -0.15) is 4.31 Å². The number of anilines is 1. The fourth-order valence-electron chi connectivity index (χ4n) is 3.28. The van der Waals surface area contributed by atoms with Crippen LogP contribution in [0.2, 0.25) is 5.02 Å². The molecule has 1 heterocycles. The van der Waals surface area contributed by atoms with Crippen LogP contribution < -0.4 is 10.1 Å². The number of hydrogen-bond acceptors (Lipinski definition) is 6. The molecule has 3 rings (SSSR count). The molecule has 8 nitrogen and oxygen atoms in total. The summed E-state index contributed by atoms with van der Waals surface area (Å²) in [5.41, 5.74) is 0.427. The molecule has 1 N–H and O–H groups in total. The van der Waals surface area contributed by atoms with E-state index in [1.165, 1.54) is 29.6 Å². The lowest BCUT2D eigenvalue weighted by Crippen LogP contribution is -2.40. The van der Waals surface area contributed by atoms with Crippen LogP contribution in [-0.2, 0) is 24.3 Å². The van der Waals surface area contributed by atoms with E-state index in [0.717, 1.165) is 12.1 Å². The molecular weight excluding hydrogens is 463 g/mol. The third-order valence-corrected chi connectivity index (χ3v) is 7.23. The highest BCUT2D eigenvalue weighted by Gasteiger charge is 2.33. The number of piperidine rings is 1. The molecular formula is C21H22ClFN2O6S. The molecule has 2 aromatic carbocycles. The van der Waals surface area contributed by atoms with Gasteiger partial charge in [0.25, 0.3) is 5.91 Å². The van der Waals surface area contributed by atoms with Crippen molar-refractivity contribution >= 4 is 39.2 Å². The Morgan fingerprint density at radius 3 is 2.41 bits per heavy atom. The number of benzene rings is 2. The maximum Gasteiger partial charge on any atom is 0.309 e. The van der Waals surface area contributed by atoms with Gasteiger partial charge in [-0.1, -0.05) is 11.6 Å². The molecule has 0 atom stereocenters. The van der Waals surface area contributed by atoms with E-state index in [2.05, 4.69) is 5.32 Å². The fraction of sp³-hybridized carbons (Fsp3) is 0.333. The van der Waals surface area contributed by atoms with Crippen molar-refractivity contribution in [2.24, 2.45) is 5.92 Å². The number of carbonyl (C=O) groups is 2. The molecule has 32 heavy (non-hydrogen) atoms. The predicted molar refractivity (Wildman–Crippen MR) is 115 cm³/mol. The van der Waals surface area contributed by atoms with Crippen LogP contribution >= 0.6 is 11.6 Å².